The molecule has 0 fully saturated rings. The monoisotopic (exact) mass is 278 g/mol. The number of rotatable bonds is 5. The molecule has 2 aromatic heterocycles. The minimum Gasteiger partial charge on any atom is -0.460 e. The van der Waals surface area contributed by atoms with E-state index in [1.54, 1.807) is 19.9 Å². The van der Waals surface area contributed by atoms with Crippen LogP contribution in [0.5, 0.6) is 0 Å². The maximum atomic E-state index is 11.9. The molecular weight excluding hydrogens is 260 g/mol. The van der Waals surface area contributed by atoms with Crippen molar-refractivity contribution in [2.75, 3.05) is 6.61 Å². The van der Waals surface area contributed by atoms with Crippen LogP contribution in [-0.4, -0.2) is 22.7 Å². The van der Waals surface area contributed by atoms with Crippen LogP contribution >= 0.6 is 0 Å². The SMILES string of the molecule is CCOC(=O)c1oc(-c2cc(C)no2)nc1CC(C)C. The molecule has 108 valence electrons. The van der Waals surface area contributed by atoms with Crippen molar-refractivity contribution in [1.82, 2.24) is 10.1 Å². The van der Waals surface area contributed by atoms with Gasteiger partial charge in [0.25, 0.3) is 5.89 Å². The molecule has 2 heterocycles. The number of aryl methyl sites for hydroxylation is 1. The van der Waals surface area contributed by atoms with Gasteiger partial charge in [-0.25, -0.2) is 9.78 Å². The van der Waals surface area contributed by atoms with Crippen LogP contribution in [0.15, 0.2) is 15.0 Å². The van der Waals surface area contributed by atoms with Gasteiger partial charge in [0, 0.05) is 6.07 Å². The lowest BCUT2D eigenvalue weighted by Crippen LogP contribution is -2.08. The lowest BCUT2D eigenvalue weighted by molar-refractivity contribution is 0.0489. The van der Waals surface area contributed by atoms with Gasteiger partial charge in [0.1, 0.15) is 0 Å². The van der Waals surface area contributed by atoms with E-state index in [1.807, 2.05) is 13.8 Å². The van der Waals surface area contributed by atoms with Gasteiger partial charge in [-0.3, -0.25) is 0 Å². The standard InChI is InChI=1S/C14H18N2O4/c1-5-18-14(17)12-10(6-8(2)3)15-13(19-12)11-7-9(4)16-20-11/h7-8H,5-6H2,1-4H3. The number of ether oxygens (including phenoxy) is 1. The van der Waals surface area contributed by atoms with E-state index in [0.29, 0.717) is 23.8 Å². The summed E-state index contributed by atoms with van der Waals surface area (Å²) in [7, 11) is 0. The van der Waals surface area contributed by atoms with Crippen LogP contribution < -0.4 is 0 Å². The molecule has 0 saturated heterocycles. The highest BCUT2D eigenvalue weighted by atomic mass is 16.5. The number of nitrogens with zero attached hydrogens (tertiary/aromatic N) is 2. The molecule has 0 amide bonds. The number of esters is 1. The second kappa shape index (κ2) is 5.90. The van der Waals surface area contributed by atoms with Crippen molar-refractivity contribution in [1.29, 1.82) is 0 Å². The first-order chi connectivity index (χ1) is 9.51. The van der Waals surface area contributed by atoms with Gasteiger partial charge < -0.3 is 13.7 Å². The second-order valence-electron chi connectivity index (χ2n) is 4.95. The number of hydrogen-bond acceptors (Lipinski definition) is 6. The number of hydrogen-bond donors (Lipinski definition) is 0. The molecule has 0 aliphatic carbocycles. The molecular formula is C14H18N2O4. The lowest BCUT2D eigenvalue weighted by Gasteiger charge is -2.02. The van der Waals surface area contributed by atoms with Crippen LogP contribution in [-0.2, 0) is 11.2 Å². The Labute approximate surface area is 117 Å². The molecule has 0 radical (unpaired) electrons. The summed E-state index contributed by atoms with van der Waals surface area (Å²) in [6.07, 6.45) is 0.630. The van der Waals surface area contributed by atoms with E-state index >= 15 is 0 Å². The molecule has 0 aliphatic rings. The van der Waals surface area contributed by atoms with Gasteiger partial charge in [-0.05, 0) is 26.2 Å². The Balaban J connectivity index is 2.38. The molecule has 0 unspecified atom stereocenters. The molecule has 0 atom stereocenters. The maximum Gasteiger partial charge on any atom is 0.376 e. The van der Waals surface area contributed by atoms with Crippen molar-refractivity contribution >= 4 is 5.97 Å². The van der Waals surface area contributed by atoms with Crippen molar-refractivity contribution < 1.29 is 18.5 Å². The fourth-order valence-corrected chi connectivity index (χ4v) is 1.80. The molecule has 0 saturated carbocycles. The van der Waals surface area contributed by atoms with Gasteiger partial charge in [0.05, 0.1) is 18.0 Å². The fourth-order valence-electron chi connectivity index (χ4n) is 1.80. The average Bonchev–Trinajstić information content (AvgIpc) is 2.95. The molecule has 2 rings (SSSR count). The molecule has 0 N–H and O–H groups in total. The molecule has 0 bridgehead atoms. The lowest BCUT2D eigenvalue weighted by atomic mass is 10.1. The number of carbonyl (C=O) groups excluding carboxylic acids is 1. The first-order valence-corrected chi connectivity index (χ1v) is 6.61. The number of aromatic nitrogens is 2. The van der Waals surface area contributed by atoms with E-state index in [0.717, 1.165) is 5.69 Å². The van der Waals surface area contributed by atoms with Crippen LogP contribution in [0.4, 0.5) is 0 Å². The van der Waals surface area contributed by atoms with Crippen LogP contribution in [0.1, 0.15) is 42.7 Å². The highest BCUT2D eigenvalue weighted by Crippen LogP contribution is 2.25. The first kappa shape index (κ1) is 14.3. The van der Waals surface area contributed by atoms with Crippen LogP contribution in [0, 0.1) is 12.8 Å². The zero-order chi connectivity index (χ0) is 14.7. The summed E-state index contributed by atoms with van der Waals surface area (Å²) in [5, 5.41) is 3.78. The smallest absolute Gasteiger partial charge is 0.376 e. The minimum absolute atomic E-state index is 0.143. The quantitative estimate of drug-likeness (QED) is 0.782. The zero-order valence-corrected chi connectivity index (χ0v) is 12.1. The van der Waals surface area contributed by atoms with Crippen molar-refractivity contribution in [3.8, 4) is 11.7 Å². The summed E-state index contributed by atoms with van der Waals surface area (Å²) >= 11 is 0. The molecule has 0 aromatic carbocycles. The predicted octanol–water partition coefficient (Wildman–Crippen LogP) is 3.01. The van der Waals surface area contributed by atoms with Gasteiger partial charge in [0.2, 0.25) is 11.5 Å². The summed E-state index contributed by atoms with van der Waals surface area (Å²) in [5.41, 5.74) is 1.31. The second-order valence-corrected chi connectivity index (χ2v) is 4.95. The van der Waals surface area contributed by atoms with E-state index in [1.165, 1.54) is 0 Å². The molecule has 0 spiro atoms. The molecule has 6 nitrogen and oxygen atoms in total. The van der Waals surface area contributed by atoms with Gasteiger partial charge in [-0.1, -0.05) is 19.0 Å². The third-order valence-electron chi connectivity index (χ3n) is 2.60. The summed E-state index contributed by atoms with van der Waals surface area (Å²) in [6, 6.07) is 1.71. The predicted molar refractivity (Wildman–Crippen MR) is 71.2 cm³/mol. The molecule has 6 heteroatoms. The van der Waals surface area contributed by atoms with Crippen molar-refractivity contribution in [3.05, 3.63) is 23.2 Å². The molecule has 20 heavy (non-hydrogen) atoms. The third kappa shape index (κ3) is 3.07. The van der Waals surface area contributed by atoms with Gasteiger partial charge >= 0.3 is 5.97 Å². The van der Waals surface area contributed by atoms with Crippen molar-refractivity contribution in [3.63, 3.8) is 0 Å². The maximum absolute atomic E-state index is 11.9. The average molecular weight is 278 g/mol. The number of oxazole rings is 1. The van der Waals surface area contributed by atoms with Crippen LogP contribution in [0.25, 0.3) is 11.7 Å². The van der Waals surface area contributed by atoms with Gasteiger partial charge in [-0.2, -0.15) is 0 Å². The Kier molecular flexibility index (Phi) is 4.22. The van der Waals surface area contributed by atoms with Crippen molar-refractivity contribution in [2.45, 2.75) is 34.1 Å². The normalized spacial score (nSPS) is 11.1. The zero-order valence-electron chi connectivity index (χ0n) is 12.1. The summed E-state index contributed by atoms with van der Waals surface area (Å²) in [6.45, 7) is 7.93. The van der Waals surface area contributed by atoms with E-state index in [4.69, 9.17) is 13.7 Å². The number of carbonyl (C=O) groups is 1. The first-order valence-electron chi connectivity index (χ1n) is 6.61. The Hall–Kier alpha value is -2.11. The van der Waals surface area contributed by atoms with Gasteiger partial charge in [-0.15, -0.1) is 0 Å². The highest BCUT2D eigenvalue weighted by Gasteiger charge is 2.24. The Morgan fingerprint density at radius 2 is 2.20 bits per heavy atom. The minimum atomic E-state index is -0.502. The Bertz CT molecular complexity index is 598. The highest BCUT2D eigenvalue weighted by molar-refractivity contribution is 5.88. The summed E-state index contributed by atoms with van der Waals surface area (Å²) in [4.78, 5) is 16.2. The van der Waals surface area contributed by atoms with Crippen LogP contribution in [0.2, 0.25) is 0 Å². The Morgan fingerprint density at radius 3 is 2.75 bits per heavy atom. The Morgan fingerprint density at radius 1 is 1.45 bits per heavy atom. The summed E-state index contributed by atoms with van der Waals surface area (Å²) < 4.78 is 15.6. The van der Waals surface area contributed by atoms with E-state index < -0.39 is 5.97 Å². The van der Waals surface area contributed by atoms with Crippen LogP contribution in [0.3, 0.4) is 0 Å². The third-order valence-corrected chi connectivity index (χ3v) is 2.60. The van der Waals surface area contributed by atoms with Gasteiger partial charge in [0.15, 0.2) is 0 Å². The summed E-state index contributed by atoms with van der Waals surface area (Å²) in [5.74, 6) is 0.646. The van der Waals surface area contributed by atoms with E-state index in [-0.39, 0.29) is 18.3 Å². The van der Waals surface area contributed by atoms with E-state index in [9.17, 15) is 4.79 Å². The molecule has 2 aromatic rings. The largest absolute Gasteiger partial charge is 0.460 e. The fraction of sp³-hybridized carbons (Fsp3) is 0.500. The topological polar surface area (TPSA) is 78.4 Å². The van der Waals surface area contributed by atoms with E-state index in [2.05, 4.69) is 10.1 Å². The van der Waals surface area contributed by atoms with Crippen molar-refractivity contribution in [2.24, 2.45) is 5.92 Å². The molecule has 0 aliphatic heterocycles.